The van der Waals surface area contributed by atoms with Crippen LogP contribution in [-0.4, -0.2) is 52.5 Å². The Morgan fingerprint density at radius 1 is 1.23 bits per heavy atom. The molecule has 0 saturated carbocycles. The number of hydrogen-bond acceptors (Lipinski definition) is 7. The third-order valence-electron chi connectivity index (χ3n) is 5.27. The number of aromatic nitrogens is 2. The molecule has 1 aliphatic carbocycles. The number of fused-ring (bicyclic) bond motifs is 1. The second kappa shape index (κ2) is 9.87. The number of thiophene rings is 1. The number of carbonyl (C=O) groups excluding carboxylic acids is 1. The first kappa shape index (κ1) is 21.9. The van der Waals surface area contributed by atoms with E-state index in [1.165, 1.54) is 10.5 Å². The molecule has 164 valence electrons. The molecule has 1 amide bonds. The molecule has 0 spiro atoms. The van der Waals surface area contributed by atoms with E-state index >= 15 is 0 Å². The predicted octanol–water partition coefficient (Wildman–Crippen LogP) is 5.67. The summed E-state index contributed by atoms with van der Waals surface area (Å²) in [6.45, 7) is 4.98. The lowest BCUT2D eigenvalue weighted by Gasteiger charge is -2.31. The monoisotopic (exact) mass is 457 g/mol. The molecule has 1 aliphatic heterocycles. The number of ether oxygens (including phenoxy) is 2. The Morgan fingerprint density at radius 2 is 2.03 bits per heavy atom. The van der Waals surface area contributed by atoms with Crippen molar-refractivity contribution in [3.63, 3.8) is 0 Å². The fourth-order valence-electron chi connectivity index (χ4n) is 3.67. The Hall–Kier alpha value is -2.32. The van der Waals surface area contributed by atoms with E-state index in [1.807, 2.05) is 13.8 Å². The summed E-state index contributed by atoms with van der Waals surface area (Å²) in [5, 5.41) is 2.14. The van der Waals surface area contributed by atoms with Crippen LogP contribution in [0, 0.1) is 0 Å². The summed E-state index contributed by atoms with van der Waals surface area (Å²) in [6.07, 6.45) is 14.5. The fraction of sp³-hybridized carbons (Fsp3) is 0.435. The van der Waals surface area contributed by atoms with Gasteiger partial charge in [0.1, 0.15) is 17.1 Å². The Labute approximate surface area is 191 Å². The highest BCUT2D eigenvalue weighted by molar-refractivity contribution is 8.02. The van der Waals surface area contributed by atoms with Crippen LogP contribution >= 0.6 is 23.1 Å². The largest absolute Gasteiger partial charge is 0.473 e. The lowest BCUT2D eigenvalue weighted by molar-refractivity contribution is 0.0511. The van der Waals surface area contributed by atoms with Gasteiger partial charge in [-0.05, 0) is 38.2 Å². The number of carbonyl (C=O) groups is 1. The van der Waals surface area contributed by atoms with Gasteiger partial charge < -0.3 is 14.4 Å². The molecule has 3 heterocycles. The van der Waals surface area contributed by atoms with Crippen molar-refractivity contribution in [2.75, 3.05) is 19.3 Å². The van der Waals surface area contributed by atoms with E-state index in [0.717, 1.165) is 35.0 Å². The fourth-order valence-corrected chi connectivity index (χ4v) is 5.10. The van der Waals surface area contributed by atoms with E-state index in [4.69, 9.17) is 9.47 Å². The molecular weight excluding hydrogens is 430 g/mol. The number of rotatable bonds is 5. The molecule has 0 atom stereocenters. The van der Waals surface area contributed by atoms with E-state index < -0.39 is 0 Å². The number of thioether (sulfide) groups is 1. The zero-order valence-electron chi connectivity index (χ0n) is 18.0. The number of piperidine rings is 1. The standard InChI is InChI=1S/C23H27N3O3S2/c1-15(2)28-23(27)26-11-9-17(10-12-26)29-22-21-20(24-14-25-22)19(13-31-21)16-5-4-6-18(30-3)8-7-16/h5-8,13-15,17H,4,9-12H2,1-3H3. The molecular formula is C23H27N3O3S2. The second-order valence-corrected chi connectivity index (χ2v) is 9.54. The number of allylic oxidation sites excluding steroid dienone is 5. The molecule has 2 aromatic heterocycles. The van der Waals surface area contributed by atoms with Crippen molar-refractivity contribution in [2.45, 2.75) is 45.3 Å². The lowest BCUT2D eigenvalue weighted by Crippen LogP contribution is -2.42. The summed E-state index contributed by atoms with van der Waals surface area (Å²) in [4.78, 5) is 24.1. The van der Waals surface area contributed by atoms with Crippen molar-refractivity contribution < 1.29 is 14.3 Å². The molecule has 2 aliphatic rings. The summed E-state index contributed by atoms with van der Waals surface area (Å²) in [6, 6.07) is 0. The van der Waals surface area contributed by atoms with Gasteiger partial charge in [0.05, 0.1) is 11.6 Å². The maximum Gasteiger partial charge on any atom is 0.410 e. The molecule has 8 heteroatoms. The molecule has 1 saturated heterocycles. The van der Waals surface area contributed by atoms with Crippen molar-refractivity contribution >= 4 is 45.0 Å². The van der Waals surface area contributed by atoms with Crippen LogP contribution < -0.4 is 4.74 Å². The zero-order chi connectivity index (χ0) is 21.8. The number of likely N-dealkylation sites (tertiary alicyclic amines) is 1. The highest BCUT2D eigenvalue weighted by Gasteiger charge is 2.26. The third-order valence-corrected chi connectivity index (χ3v) is 7.00. The maximum absolute atomic E-state index is 12.1. The first-order valence-electron chi connectivity index (χ1n) is 10.5. The first-order valence-corrected chi connectivity index (χ1v) is 12.6. The van der Waals surface area contributed by atoms with Gasteiger partial charge in [-0.1, -0.05) is 18.2 Å². The van der Waals surface area contributed by atoms with Gasteiger partial charge in [0.25, 0.3) is 0 Å². The van der Waals surface area contributed by atoms with E-state index in [0.29, 0.717) is 19.0 Å². The van der Waals surface area contributed by atoms with Gasteiger partial charge in [-0.15, -0.1) is 23.1 Å². The van der Waals surface area contributed by atoms with Crippen LogP contribution in [-0.2, 0) is 4.74 Å². The van der Waals surface area contributed by atoms with Gasteiger partial charge in [0.15, 0.2) is 0 Å². The minimum Gasteiger partial charge on any atom is -0.473 e. The van der Waals surface area contributed by atoms with Crippen LogP contribution in [0.4, 0.5) is 4.79 Å². The van der Waals surface area contributed by atoms with Gasteiger partial charge >= 0.3 is 6.09 Å². The SMILES string of the molecule is CSC1=CCC=C(c2csc3c(OC4CCN(C(=O)OC(C)C)CC4)ncnc23)C=C1. The molecule has 0 aromatic carbocycles. The Bertz CT molecular complexity index is 1030. The quantitative estimate of drug-likeness (QED) is 0.576. The molecule has 1 fully saturated rings. The minimum atomic E-state index is -0.246. The van der Waals surface area contributed by atoms with Gasteiger partial charge in [0, 0.05) is 41.8 Å². The average Bonchev–Trinajstić information content (AvgIpc) is 3.05. The minimum absolute atomic E-state index is 0.0251. The van der Waals surface area contributed by atoms with E-state index in [-0.39, 0.29) is 18.3 Å². The number of hydrogen-bond donors (Lipinski definition) is 0. The molecule has 2 aromatic rings. The van der Waals surface area contributed by atoms with Crippen LogP contribution in [0.25, 0.3) is 15.8 Å². The van der Waals surface area contributed by atoms with Crippen LogP contribution in [0.5, 0.6) is 5.88 Å². The van der Waals surface area contributed by atoms with Gasteiger partial charge in [-0.3, -0.25) is 0 Å². The summed E-state index contributed by atoms with van der Waals surface area (Å²) in [5.41, 5.74) is 3.22. The Balaban J connectivity index is 1.46. The van der Waals surface area contributed by atoms with Gasteiger partial charge in [-0.2, -0.15) is 0 Å². The third kappa shape index (κ3) is 5.13. The number of amides is 1. The molecule has 0 bridgehead atoms. The first-order chi connectivity index (χ1) is 15.0. The Kier molecular flexibility index (Phi) is 6.97. The molecule has 0 unspecified atom stereocenters. The zero-order valence-corrected chi connectivity index (χ0v) is 19.7. The lowest BCUT2D eigenvalue weighted by atomic mass is 10.1. The molecule has 0 radical (unpaired) electrons. The number of nitrogens with zero attached hydrogens (tertiary/aromatic N) is 3. The van der Waals surface area contributed by atoms with Crippen molar-refractivity contribution in [1.29, 1.82) is 0 Å². The maximum atomic E-state index is 12.1. The topological polar surface area (TPSA) is 64.5 Å². The van der Waals surface area contributed by atoms with E-state index in [9.17, 15) is 4.79 Å². The van der Waals surface area contributed by atoms with E-state index in [2.05, 4.69) is 45.9 Å². The van der Waals surface area contributed by atoms with Gasteiger partial charge in [-0.25, -0.2) is 14.8 Å². The van der Waals surface area contributed by atoms with Crippen molar-refractivity contribution in [3.05, 3.63) is 46.5 Å². The molecule has 4 rings (SSSR count). The summed E-state index contributed by atoms with van der Waals surface area (Å²) >= 11 is 3.37. The smallest absolute Gasteiger partial charge is 0.410 e. The summed E-state index contributed by atoms with van der Waals surface area (Å²) in [7, 11) is 0. The highest BCUT2D eigenvalue weighted by atomic mass is 32.2. The molecule has 6 nitrogen and oxygen atoms in total. The summed E-state index contributed by atoms with van der Waals surface area (Å²) < 4.78 is 12.5. The van der Waals surface area contributed by atoms with E-state index in [1.54, 1.807) is 34.3 Å². The van der Waals surface area contributed by atoms with Crippen LogP contribution in [0.15, 0.2) is 40.9 Å². The molecule has 0 N–H and O–H groups in total. The van der Waals surface area contributed by atoms with Crippen LogP contribution in [0.3, 0.4) is 0 Å². The second-order valence-electron chi connectivity index (χ2n) is 7.78. The normalized spacial score (nSPS) is 17.5. The average molecular weight is 458 g/mol. The van der Waals surface area contributed by atoms with Crippen LogP contribution in [0.2, 0.25) is 0 Å². The summed E-state index contributed by atoms with van der Waals surface area (Å²) in [5.74, 6) is 0.630. The Morgan fingerprint density at radius 3 is 2.77 bits per heavy atom. The molecule has 31 heavy (non-hydrogen) atoms. The highest BCUT2D eigenvalue weighted by Crippen LogP contribution is 2.36. The van der Waals surface area contributed by atoms with Gasteiger partial charge in [0.2, 0.25) is 5.88 Å². The predicted molar refractivity (Wildman–Crippen MR) is 128 cm³/mol. The van der Waals surface area contributed by atoms with Crippen molar-refractivity contribution in [2.24, 2.45) is 0 Å². The van der Waals surface area contributed by atoms with Crippen LogP contribution in [0.1, 0.15) is 38.7 Å². The van der Waals surface area contributed by atoms with Crippen molar-refractivity contribution in [1.82, 2.24) is 14.9 Å². The van der Waals surface area contributed by atoms with Crippen molar-refractivity contribution in [3.8, 4) is 5.88 Å².